The summed E-state index contributed by atoms with van der Waals surface area (Å²) in [5.41, 5.74) is 0.676. The fourth-order valence-electron chi connectivity index (χ4n) is 7.21. The number of hydrogen-bond donors (Lipinski definition) is 2. The summed E-state index contributed by atoms with van der Waals surface area (Å²) >= 11 is 0. The average Bonchev–Trinajstić information content (AvgIpc) is 2.76. The number of fused-ring (bicyclic) bond motifs is 5. The Hall–Kier alpha value is -0.120. The molecule has 4 fully saturated rings. The van der Waals surface area contributed by atoms with Crippen LogP contribution in [-0.4, -0.2) is 27.9 Å². The first-order chi connectivity index (χ1) is 9.95. The molecule has 4 rings (SSSR count). The summed E-state index contributed by atoms with van der Waals surface area (Å²) in [7, 11) is 0. The minimum Gasteiger partial charge on any atom is -0.412 e. The molecule has 4 saturated carbocycles. The van der Waals surface area contributed by atoms with Crippen molar-refractivity contribution in [1.29, 1.82) is 0 Å². The molecule has 128 valence electrons. The smallest absolute Gasteiger partial charge is 0.0596 e. The normalized spacial score (nSPS) is 57.3. The Kier molecular flexibility index (Phi) is 4.15. The van der Waals surface area contributed by atoms with Crippen LogP contribution >= 0.6 is 0 Å². The highest BCUT2D eigenvalue weighted by atomic mass is 16.3. The number of aliphatic hydroxyl groups is 2. The third-order valence-electron chi connectivity index (χ3n) is 8.59. The van der Waals surface area contributed by atoms with Gasteiger partial charge in [0.1, 0.15) is 0 Å². The van der Waals surface area contributed by atoms with Crippen molar-refractivity contribution in [2.45, 2.75) is 83.8 Å². The third kappa shape index (κ3) is 2.12. The highest BCUT2D eigenvalue weighted by molar-refractivity contribution is 5.09. The first-order valence-corrected chi connectivity index (χ1v) is 9.31. The molecule has 8 atom stereocenters. The molecule has 4 unspecified atom stereocenters. The van der Waals surface area contributed by atoms with E-state index in [1.54, 1.807) is 0 Å². The van der Waals surface area contributed by atoms with Crippen molar-refractivity contribution in [2.75, 3.05) is 0 Å². The van der Waals surface area contributed by atoms with E-state index >= 15 is 0 Å². The van der Waals surface area contributed by atoms with Gasteiger partial charge in [0.25, 0.3) is 0 Å². The Bertz CT molecular complexity index is 425. The van der Waals surface area contributed by atoms with E-state index in [0.717, 1.165) is 42.9 Å². The van der Waals surface area contributed by atoms with Gasteiger partial charge in [-0.15, -0.1) is 0 Å². The first kappa shape index (κ1) is 16.7. The zero-order valence-electron chi connectivity index (χ0n) is 14.2. The average molecular weight is 310 g/mol. The van der Waals surface area contributed by atoms with Gasteiger partial charge in [0.2, 0.25) is 0 Å². The number of hydrogen-bond acceptors (Lipinski definition) is 2. The zero-order chi connectivity index (χ0) is 14.8. The van der Waals surface area contributed by atoms with Crippen molar-refractivity contribution in [1.82, 2.24) is 0 Å². The molecule has 0 aromatic heterocycles. The van der Waals surface area contributed by atoms with E-state index in [9.17, 15) is 10.2 Å². The molecule has 3 nitrogen and oxygen atoms in total. The quantitative estimate of drug-likeness (QED) is 0.722. The van der Waals surface area contributed by atoms with E-state index in [4.69, 9.17) is 0 Å². The summed E-state index contributed by atoms with van der Waals surface area (Å²) in [5.74, 6) is 3.21. The van der Waals surface area contributed by atoms with E-state index in [1.165, 1.54) is 38.5 Å². The Morgan fingerprint density at radius 1 is 0.773 bits per heavy atom. The predicted molar refractivity (Wildman–Crippen MR) is 87.4 cm³/mol. The minimum atomic E-state index is -0.0536. The van der Waals surface area contributed by atoms with Gasteiger partial charge in [-0.2, -0.15) is 0 Å². The van der Waals surface area contributed by atoms with Gasteiger partial charge in [-0.05, 0) is 92.3 Å². The van der Waals surface area contributed by atoms with Crippen LogP contribution in [0, 0.1) is 34.5 Å². The van der Waals surface area contributed by atoms with Gasteiger partial charge in [0.15, 0.2) is 0 Å². The van der Waals surface area contributed by atoms with Gasteiger partial charge in [0, 0.05) is 0 Å². The van der Waals surface area contributed by atoms with Gasteiger partial charge >= 0.3 is 0 Å². The molecule has 0 aliphatic heterocycles. The molecule has 0 saturated heterocycles. The second-order valence-corrected chi connectivity index (χ2v) is 9.22. The lowest BCUT2D eigenvalue weighted by atomic mass is 9.45. The second-order valence-electron chi connectivity index (χ2n) is 9.22. The van der Waals surface area contributed by atoms with Crippen LogP contribution in [0.3, 0.4) is 0 Å². The number of rotatable bonds is 0. The maximum absolute atomic E-state index is 10.5. The van der Waals surface area contributed by atoms with Crippen LogP contribution in [-0.2, 0) is 0 Å². The topological polar surface area (TPSA) is 72.0 Å². The lowest BCUT2D eigenvalue weighted by Crippen LogP contribution is -2.54. The van der Waals surface area contributed by atoms with Gasteiger partial charge in [-0.1, -0.05) is 13.8 Å². The Labute approximate surface area is 134 Å². The minimum absolute atomic E-state index is 0. The molecule has 4 aliphatic rings. The molecule has 0 amide bonds. The van der Waals surface area contributed by atoms with Crippen molar-refractivity contribution in [3.05, 3.63) is 0 Å². The Morgan fingerprint density at radius 3 is 2.23 bits per heavy atom. The van der Waals surface area contributed by atoms with E-state index in [2.05, 4.69) is 13.8 Å². The monoisotopic (exact) mass is 310 g/mol. The molecule has 4 aliphatic carbocycles. The molecule has 0 spiro atoms. The van der Waals surface area contributed by atoms with E-state index in [0.29, 0.717) is 5.41 Å². The van der Waals surface area contributed by atoms with E-state index in [1.807, 2.05) is 0 Å². The standard InChI is InChI=1S/C19H32O2.H2O/c1-18-9-7-13(20)11-12(18)3-4-14-15-5-6-17(21)19(15,2)10-8-16(14)18;/h12-17,20-21H,3-11H2,1-2H3;1H2/t12-,13?,14-,15-,16-,17?,18?,19?;/m0./s1. The predicted octanol–water partition coefficient (Wildman–Crippen LogP) is 2.93. The fourth-order valence-corrected chi connectivity index (χ4v) is 7.21. The van der Waals surface area contributed by atoms with Crippen LogP contribution in [0.5, 0.6) is 0 Å². The highest BCUT2D eigenvalue weighted by Crippen LogP contribution is 2.66. The Balaban J connectivity index is 0.00000144. The Morgan fingerprint density at radius 2 is 1.45 bits per heavy atom. The molecule has 0 radical (unpaired) electrons. The van der Waals surface area contributed by atoms with E-state index < -0.39 is 0 Å². The summed E-state index contributed by atoms with van der Waals surface area (Å²) in [6, 6.07) is 0. The van der Waals surface area contributed by atoms with E-state index in [-0.39, 0.29) is 23.1 Å². The van der Waals surface area contributed by atoms with Crippen LogP contribution < -0.4 is 0 Å². The highest BCUT2D eigenvalue weighted by Gasteiger charge is 2.59. The summed E-state index contributed by atoms with van der Waals surface area (Å²) in [4.78, 5) is 0. The molecule has 0 heterocycles. The zero-order valence-corrected chi connectivity index (χ0v) is 14.2. The van der Waals surface area contributed by atoms with Gasteiger partial charge in [-0.3, -0.25) is 0 Å². The first-order valence-electron chi connectivity index (χ1n) is 9.31. The second kappa shape index (κ2) is 5.46. The van der Waals surface area contributed by atoms with Gasteiger partial charge in [-0.25, -0.2) is 0 Å². The SMILES string of the molecule is CC12CC[C@H]3[C@@H](CC[C@H]4CC(O)CCC43C)[C@@H]1CCC2O.O. The molecule has 4 N–H and O–H groups in total. The van der Waals surface area contributed by atoms with Crippen LogP contribution in [0.1, 0.15) is 71.6 Å². The van der Waals surface area contributed by atoms with Crippen LogP contribution in [0.2, 0.25) is 0 Å². The van der Waals surface area contributed by atoms with Crippen LogP contribution in [0.15, 0.2) is 0 Å². The maximum Gasteiger partial charge on any atom is 0.0596 e. The molecular formula is C19H34O3. The molecule has 22 heavy (non-hydrogen) atoms. The van der Waals surface area contributed by atoms with Crippen LogP contribution in [0.4, 0.5) is 0 Å². The molecule has 3 heteroatoms. The lowest BCUT2D eigenvalue weighted by molar-refractivity contribution is -0.133. The van der Waals surface area contributed by atoms with Crippen molar-refractivity contribution in [3.63, 3.8) is 0 Å². The summed E-state index contributed by atoms with van der Waals surface area (Å²) in [5, 5.41) is 20.5. The maximum atomic E-state index is 10.5. The number of aliphatic hydroxyl groups excluding tert-OH is 2. The largest absolute Gasteiger partial charge is 0.412 e. The summed E-state index contributed by atoms with van der Waals surface area (Å²) in [6.07, 6.45) is 10.7. The van der Waals surface area contributed by atoms with Gasteiger partial charge < -0.3 is 15.7 Å². The summed E-state index contributed by atoms with van der Waals surface area (Å²) < 4.78 is 0. The van der Waals surface area contributed by atoms with Crippen molar-refractivity contribution in [2.24, 2.45) is 34.5 Å². The molecule has 0 aromatic rings. The van der Waals surface area contributed by atoms with Gasteiger partial charge in [0.05, 0.1) is 12.2 Å². The van der Waals surface area contributed by atoms with Crippen molar-refractivity contribution < 1.29 is 15.7 Å². The molecule has 0 bridgehead atoms. The third-order valence-corrected chi connectivity index (χ3v) is 8.59. The van der Waals surface area contributed by atoms with Crippen molar-refractivity contribution in [3.8, 4) is 0 Å². The molecule has 0 aromatic carbocycles. The summed E-state index contributed by atoms with van der Waals surface area (Å²) in [6.45, 7) is 4.90. The lowest BCUT2D eigenvalue weighted by Gasteiger charge is -2.60. The molecular weight excluding hydrogens is 276 g/mol. The van der Waals surface area contributed by atoms with Crippen LogP contribution in [0.25, 0.3) is 0 Å². The fraction of sp³-hybridized carbons (Fsp3) is 1.00. The van der Waals surface area contributed by atoms with Crippen molar-refractivity contribution >= 4 is 0 Å².